The van der Waals surface area contributed by atoms with E-state index >= 15 is 0 Å². The Balaban J connectivity index is 1.24. The van der Waals surface area contributed by atoms with Crippen LogP contribution in [0.15, 0.2) is 36.7 Å². The number of carboxylic acid groups (broad SMARTS) is 1. The molecule has 184 valence electrons. The van der Waals surface area contributed by atoms with E-state index in [9.17, 15) is 9.18 Å². The van der Waals surface area contributed by atoms with E-state index in [0.29, 0.717) is 6.61 Å². The number of rotatable bonds is 10. The van der Waals surface area contributed by atoms with E-state index in [0.717, 1.165) is 76.0 Å². The highest BCUT2D eigenvalue weighted by Crippen LogP contribution is 2.23. The SMILES string of the molecule is O=C(O)CCOCCN1CCN(c2cc(N[C@@H]3CCCN(c4cccc(F)c4)C3)ncn2)CC1. The summed E-state index contributed by atoms with van der Waals surface area (Å²) in [4.78, 5) is 26.2. The van der Waals surface area contributed by atoms with Gasteiger partial charge in [0, 0.05) is 63.6 Å². The second kappa shape index (κ2) is 11.9. The number of aliphatic carboxylic acids is 1. The average molecular weight is 473 g/mol. The van der Waals surface area contributed by atoms with Gasteiger partial charge in [0.25, 0.3) is 0 Å². The lowest BCUT2D eigenvalue weighted by Crippen LogP contribution is -2.47. The third kappa shape index (κ3) is 7.01. The first-order valence-corrected chi connectivity index (χ1v) is 11.9. The fraction of sp³-hybridized carbons (Fsp3) is 0.542. The van der Waals surface area contributed by atoms with E-state index < -0.39 is 5.97 Å². The van der Waals surface area contributed by atoms with Crippen LogP contribution in [0.5, 0.6) is 0 Å². The molecule has 1 atom stereocenters. The van der Waals surface area contributed by atoms with Crippen LogP contribution in [0.4, 0.5) is 21.7 Å². The second-order valence-corrected chi connectivity index (χ2v) is 8.76. The Morgan fingerprint density at radius 3 is 2.76 bits per heavy atom. The third-order valence-corrected chi connectivity index (χ3v) is 6.31. The molecule has 0 saturated carbocycles. The van der Waals surface area contributed by atoms with Crippen LogP contribution in [0, 0.1) is 5.82 Å². The van der Waals surface area contributed by atoms with Gasteiger partial charge in [0.1, 0.15) is 23.8 Å². The van der Waals surface area contributed by atoms with E-state index in [2.05, 4.69) is 30.0 Å². The summed E-state index contributed by atoms with van der Waals surface area (Å²) in [5, 5.41) is 12.2. The third-order valence-electron chi connectivity index (χ3n) is 6.31. The minimum absolute atomic E-state index is 0.0432. The predicted molar refractivity (Wildman–Crippen MR) is 129 cm³/mol. The molecular formula is C24H33FN6O3. The Kier molecular flexibility index (Phi) is 8.48. The molecule has 1 aromatic heterocycles. The number of anilines is 3. The molecule has 3 heterocycles. The number of carbonyl (C=O) groups is 1. The van der Waals surface area contributed by atoms with Gasteiger partial charge in [0.2, 0.25) is 0 Å². The molecule has 2 N–H and O–H groups in total. The van der Waals surface area contributed by atoms with Crippen molar-refractivity contribution >= 4 is 23.3 Å². The molecule has 34 heavy (non-hydrogen) atoms. The number of aromatic nitrogens is 2. The van der Waals surface area contributed by atoms with E-state index in [-0.39, 0.29) is 24.9 Å². The fourth-order valence-corrected chi connectivity index (χ4v) is 4.47. The fourth-order valence-electron chi connectivity index (χ4n) is 4.47. The van der Waals surface area contributed by atoms with Gasteiger partial charge in [-0.05, 0) is 31.0 Å². The molecule has 2 aliphatic heterocycles. The zero-order valence-corrected chi connectivity index (χ0v) is 19.4. The van der Waals surface area contributed by atoms with Crippen molar-refractivity contribution in [2.75, 3.05) is 74.1 Å². The van der Waals surface area contributed by atoms with Gasteiger partial charge in [0.05, 0.1) is 19.6 Å². The summed E-state index contributed by atoms with van der Waals surface area (Å²) in [6.07, 6.45) is 3.72. The molecule has 2 aromatic rings. The number of carboxylic acids is 1. The largest absolute Gasteiger partial charge is 0.481 e. The quantitative estimate of drug-likeness (QED) is 0.505. The van der Waals surface area contributed by atoms with Crippen molar-refractivity contribution in [2.24, 2.45) is 0 Å². The van der Waals surface area contributed by atoms with Gasteiger partial charge in [-0.1, -0.05) is 6.07 Å². The normalized spacial score (nSPS) is 19.3. The lowest BCUT2D eigenvalue weighted by atomic mass is 10.0. The van der Waals surface area contributed by atoms with Crippen LogP contribution < -0.4 is 15.1 Å². The standard InChI is InChI=1S/C24H33FN6O3/c25-19-3-1-5-21(15-19)31-7-2-4-20(17-31)28-22-16-23(27-18-26-22)30-10-8-29(9-11-30)12-14-34-13-6-24(32)33/h1,3,5,15-16,18,20H,2,4,6-14,17H2,(H,32,33)(H,26,27,28)/t20-/m1/s1. The topological polar surface area (TPSA) is 94.1 Å². The van der Waals surface area contributed by atoms with Gasteiger partial charge in [-0.2, -0.15) is 0 Å². The lowest BCUT2D eigenvalue weighted by molar-refractivity contribution is -0.138. The molecule has 4 rings (SSSR count). The maximum Gasteiger partial charge on any atom is 0.305 e. The van der Waals surface area contributed by atoms with Crippen molar-refractivity contribution in [3.8, 4) is 0 Å². The first kappa shape index (κ1) is 24.2. The number of nitrogens with zero attached hydrogens (tertiary/aromatic N) is 5. The Hall–Kier alpha value is -2.98. The minimum atomic E-state index is -0.834. The van der Waals surface area contributed by atoms with Gasteiger partial charge in [-0.15, -0.1) is 0 Å². The average Bonchev–Trinajstić information content (AvgIpc) is 2.84. The molecule has 0 bridgehead atoms. The second-order valence-electron chi connectivity index (χ2n) is 8.76. The van der Waals surface area contributed by atoms with Crippen LogP contribution in [0.25, 0.3) is 0 Å². The van der Waals surface area contributed by atoms with Gasteiger partial charge in [-0.25, -0.2) is 14.4 Å². The minimum Gasteiger partial charge on any atom is -0.481 e. The Morgan fingerprint density at radius 1 is 1.12 bits per heavy atom. The molecular weight excluding hydrogens is 439 g/mol. The van der Waals surface area contributed by atoms with E-state index in [1.807, 2.05) is 12.1 Å². The molecule has 2 aliphatic rings. The van der Waals surface area contributed by atoms with E-state index in [1.165, 1.54) is 6.07 Å². The Labute approximate surface area is 199 Å². The van der Waals surface area contributed by atoms with Crippen molar-refractivity contribution in [1.29, 1.82) is 0 Å². The molecule has 2 saturated heterocycles. The summed E-state index contributed by atoms with van der Waals surface area (Å²) < 4.78 is 19.0. The summed E-state index contributed by atoms with van der Waals surface area (Å²) in [5.74, 6) is 0.677. The molecule has 2 fully saturated rings. The van der Waals surface area contributed by atoms with Crippen molar-refractivity contribution in [3.05, 3.63) is 42.5 Å². The zero-order valence-electron chi connectivity index (χ0n) is 19.4. The molecule has 0 unspecified atom stereocenters. The molecule has 0 amide bonds. The molecule has 0 spiro atoms. The highest BCUT2D eigenvalue weighted by atomic mass is 19.1. The van der Waals surface area contributed by atoms with Crippen LogP contribution in [0.2, 0.25) is 0 Å². The Morgan fingerprint density at radius 2 is 1.97 bits per heavy atom. The zero-order chi connectivity index (χ0) is 23.8. The summed E-state index contributed by atoms with van der Waals surface area (Å²) >= 11 is 0. The summed E-state index contributed by atoms with van der Waals surface area (Å²) in [5.41, 5.74) is 0.917. The summed E-state index contributed by atoms with van der Waals surface area (Å²) in [7, 11) is 0. The number of piperidine rings is 1. The first-order valence-electron chi connectivity index (χ1n) is 11.9. The highest BCUT2D eigenvalue weighted by Gasteiger charge is 2.22. The van der Waals surface area contributed by atoms with E-state index in [1.54, 1.807) is 18.5 Å². The molecule has 1 aromatic carbocycles. The Bertz CT molecular complexity index is 940. The molecule has 10 heteroatoms. The van der Waals surface area contributed by atoms with E-state index in [4.69, 9.17) is 9.84 Å². The summed E-state index contributed by atoms with van der Waals surface area (Å²) in [6.45, 7) is 6.86. The van der Waals surface area contributed by atoms with Crippen LogP contribution in [0.3, 0.4) is 0 Å². The van der Waals surface area contributed by atoms with Gasteiger partial charge in [-0.3, -0.25) is 9.69 Å². The van der Waals surface area contributed by atoms with Gasteiger partial charge < -0.3 is 25.0 Å². The van der Waals surface area contributed by atoms with Crippen molar-refractivity contribution in [2.45, 2.75) is 25.3 Å². The lowest BCUT2D eigenvalue weighted by Gasteiger charge is -2.36. The van der Waals surface area contributed by atoms with Crippen LogP contribution in [-0.4, -0.2) is 91.0 Å². The van der Waals surface area contributed by atoms with Crippen molar-refractivity contribution in [1.82, 2.24) is 14.9 Å². The first-order chi connectivity index (χ1) is 16.6. The van der Waals surface area contributed by atoms with Crippen LogP contribution in [-0.2, 0) is 9.53 Å². The molecule has 0 aliphatic carbocycles. The summed E-state index contributed by atoms with van der Waals surface area (Å²) in [6, 6.07) is 9.01. The molecule has 9 nitrogen and oxygen atoms in total. The van der Waals surface area contributed by atoms with Crippen LogP contribution in [0.1, 0.15) is 19.3 Å². The van der Waals surface area contributed by atoms with Crippen molar-refractivity contribution < 1.29 is 19.0 Å². The number of piperazine rings is 1. The maximum absolute atomic E-state index is 13.6. The number of benzene rings is 1. The number of nitrogens with one attached hydrogen (secondary N) is 1. The monoisotopic (exact) mass is 472 g/mol. The van der Waals surface area contributed by atoms with Gasteiger partial charge in [0.15, 0.2) is 0 Å². The van der Waals surface area contributed by atoms with Gasteiger partial charge >= 0.3 is 5.97 Å². The number of hydrogen-bond donors (Lipinski definition) is 2. The highest BCUT2D eigenvalue weighted by molar-refractivity contribution is 5.66. The number of ether oxygens (including phenoxy) is 1. The van der Waals surface area contributed by atoms with Crippen molar-refractivity contribution in [3.63, 3.8) is 0 Å². The predicted octanol–water partition coefficient (Wildman–Crippen LogP) is 2.31. The number of hydrogen-bond acceptors (Lipinski definition) is 8. The molecule has 0 radical (unpaired) electrons. The maximum atomic E-state index is 13.6. The smallest absolute Gasteiger partial charge is 0.305 e. The van der Waals surface area contributed by atoms with Crippen LogP contribution >= 0.6 is 0 Å². The number of halogens is 1.